The molecule has 0 saturated heterocycles. The summed E-state index contributed by atoms with van der Waals surface area (Å²) in [5.41, 5.74) is 2.67. The van der Waals surface area contributed by atoms with Gasteiger partial charge in [-0.2, -0.15) is 0 Å². The Balaban J connectivity index is 2.11. The van der Waals surface area contributed by atoms with Crippen molar-refractivity contribution in [2.45, 2.75) is 20.3 Å². The van der Waals surface area contributed by atoms with E-state index >= 15 is 0 Å². The number of amides is 1. The number of hydrogen-bond acceptors (Lipinski definition) is 4. The lowest BCUT2D eigenvalue weighted by molar-refractivity contribution is -0.130. The molecule has 0 aliphatic heterocycles. The van der Waals surface area contributed by atoms with Crippen LogP contribution in [0.15, 0.2) is 48.5 Å². The van der Waals surface area contributed by atoms with Gasteiger partial charge in [-0.1, -0.05) is 43.3 Å². The number of rotatable bonds is 9. The number of carbonyl (C=O) groups excluding carboxylic acids is 2. The molecule has 0 bridgehead atoms. The van der Waals surface area contributed by atoms with Crippen LogP contribution in [0.3, 0.4) is 0 Å². The lowest BCUT2D eigenvalue weighted by Crippen LogP contribution is -2.27. The van der Waals surface area contributed by atoms with Gasteiger partial charge in [-0.15, -0.1) is 0 Å². The monoisotopic (exact) mass is 381 g/mol. The third kappa shape index (κ3) is 5.98. The van der Waals surface area contributed by atoms with Crippen LogP contribution in [0.25, 0.3) is 6.08 Å². The molecule has 0 aromatic heterocycles. The van der Waals surface area contributed by atoms with Gasteiger partial charge in [-0.05, 0) is 42.7 Å². The molecule has 0 heterocycles. The van der Waals surface area contributed by atoms with Crippen LogP contribution in [-0.2, 0) is 11.2 Å². The van der Waals surface area contributed by atoms with Crippen molar-refractivity contribution < 1.29 is 19.1 Å². The Morgan fingerprint density at radius 3 is 2.29 bits per heavy atom. The maximum absolute atomic E-state index is 12.4. The minimum atomic E-state index is -0.133. The molecule has 0 radical (unpaired) electrons. The lowest BCUT2D eigenvalue weighted by atomic mass is 10.1. The molecule has 0 aliphatic rings. The average Bonchev–Trinajstić information content (AvgIpc) is 2.71. The average molecular weight is 381 g/mol. The highest BCUT2D eigenvalue weighted by Gasteiger charge is 2.10. The van der Waals surface area contributed by atoms with E-state index in [1.165, 1.54) is 10.5 Å². The molecule has 0 saturated carbocycles. The summed E-state index contributed by atoms with van der Waals surface area (Å²) in [4.78, 5) is 25.5. The molecule has 0 N–H and O–H groups in total. The normalized spacial score (nSPS) is 10.7. The second-order valence-corrected chi connectivity index (χ2v) is 6.46. The molecule has 148 valence electrons. The zero-order valence-corrected chi connectivity index (χ0v) is 16.9. The summed E-state index contributed by atoms with van der Waals surface area (Å²) in [5, 5.41) is 0. The third-order valence-corrected chi connectivity index (χ3v) is 4.19. The predicted molar refractivity (Wildman–Crippen MR) is 111 cm³/mol. The number of aryl methyl sites for hydroxylation is 1. The molecule has 0 unspecified atom stereocenters. The van der Waals surface area contributed by atoms with E-state index in [1.807, 2.05) is 37.3 Å². The Bertz CT molecular complexity index is 838. The molecule has 2 aromatic carbocycles. The molecule has 0 atom stereocenters. The molecule has 1 amide bonds. The Hall–Kier alpha value is -3.08. The van der Waals surface area contributed by atoms with E-state index in [-0.39, 0.29) is 18.3 Å². The van der Waals surface area contributed by atoms with Gasteiger partial charge in [0, 0.05) is 19.7 Å². The first-order chi connectivity index (χ1) is 13.4. The van der Waals surface area contributed by atoms with Gasteiger partial charge in [0.1, 0.15) is 0 Å². The fraction of sp³-hybridized carbons (Fsp3) is 0.304. The molecule has 0 fully saturated rings. The van der Waals surface area contributed by atoms with Crippen molar-refractivity contribution in [2.24, 2.45) is 0 Å². The quantitative estimate of drug-likeness (QED) is 0.486. The number of nitrogens with zero attached hydrogens (tertiary/aromatic N) is 1. The Morgan fingerprint density at radius 1 is 0.964 bits per heavy atom. The molecule has 0 aliphatic carbocycles. The van der Waals surface area contributed by atoms with Crippen molar-refractivity contribution in [1.82, 2.24) is 4.90 Å². The van der Waals surface area contributed by atoms with Crippen molar-refractivity contribution in [3.63, 3.8) is 0 Å². The van der Waals surface area contributed by atoms with Crippen LogP contribution in [0.4, 0.5) is 0 Å². The zero-order valence-electron chi connectivity index (χ0n) is 16.9. The van der Waals surface area contributed by atoms with E-state index in [0.717, 1.165) is 12.0 Å². The molecule has 5 nitrogen and oxygen atoms in total. The number of ether oxygens (including phenoxy) is 2. The topological polar surface area (TPSA) is 55.8 Å². The summed E-state index contributed by atoms with van der Waals surface area (Å²) in [6, 6.07) is 13.0. The van der Waals surface area contributed by atoms with Gasteiger partial charge in [0.25, 0.3) is 5.91 Å². The van der Waals surface area contributed by atoms with Crippen LogP contribution < -0.4 is 9.47 Å². The molecule has 5 heteroatoms. The van der Waals surface area contributed by atoms with E-state index in [1.54, 1.807) is 38.4 Å². The smallest absolute Gasteiger partial charge is 0.259 e. The predicted octanol–water partition coefficient (Wildman–Crippen LogP) is 4.01. The van der Waals surface area contributed by atoms with E-state index in [4.69, 9.17) is 9.47 Å². The van der Waals surface area contributed by atoms with Crippen molar-refractivity contribution in [3.8, 4) is 11.5 Å². The Morgan fingerprint density at radius 2 is 1.68 bits per heavy atom. The number of likely N-dealkylation sites (N-methyl/N-ethyl adjacent to an activating group) is 1. The van der Waals surface area contributed by atoms with Crippen LogP contribution in [0.1, 0.15) is 35.3 Å². The number of hydrogen-bond donors (Lipinski definition) is 0. The number of benzene rings is 2. The molecule has 28 heavy (non-hydrogen) atoms. The second kappa shape index (κ2) is 10.3. The van der Waals surface area contributed by atoms with E-state index < -0.39 is 0 Å². The first-order valence-corrected chi connectivity index (χ1v) is 9.35. The zero-order chi connectivity index (χ0) is 20.5. The highest BCUT2D eigenvalue weighted by atomic mass is 16.5. The van der Waals surface area contributed by atoms with Crippen LogP contribution in [0, 0.1) is 0 Å². The van der Waals surface area contributed by atoms with Gasteiger partial charge in [0.15, 0.2) is 23.9 Å². The largest absolute Gasteiger partial charge is 0.490 e. The van der Waals surface area contributed by atoms with E-state index in [2.05, 4.69) is 6.92 Å². The number of allylic oxidation sites excluding steroid dienone is 1. The summed E-state index contributed by atoms with van der Waals surface area (Å²) in [7, 11) is 3.35. The first kappa shape index (κ1) is 21.2. The lowest BCUT2D eigenvalue weighted by Gasteiger charge is -2.14. The molecular weight excluding hydrogens is 354 g/mol. The van der Waals surface area contributed by atoms with E-state index in [9.17, 15) is 9.59 Å². The highest BCUT2D eigenvalue weighted by molar-refractivity contribution is 6.06. The van der Waals surface area contributed by atoms with Crippen molar-refractivity contribution >= 4 is 17.8 Å². The van der Waals surface area contributed by atoms with Gasteiger partial charge in [0.2, 0.25) is 0 Å². The summed E-state index contributed by atoms with van der Waals surface area (Å²) in [6.07, 6.45) is 4.23. The summed E-state index contributed by atoms with van der Waals surface area (Å²) < 4.78 is 11.2. The summed E-state index contributed by atoms with van der Waals surface area (Å²) >= 11 is 0. The van der Waals surface area contributed by atoms with Gasteiger partial charge >= 0.3 is 0 Å². The molecular formula is C23H27NO4. The molecule has 2 aromatic rings. The van der Waals surface area contributed by atoms with Crippen LogP contribution in [0.5, 0.6) is 11.5 Å². The minimum Gasteiger partial charge on any atom is -0.490 e. The molecule has 0 spiro atoms. The highest BCUT2D eigenvalue weighted by Crippen LogP contribution is 2.29. The van der Waals surface area contributed by atoms with Gasteiger partial charge < -0.3 is 14.4 Å². The maximum Gasteiger partial charge on any atom is 0.259 e. The van der Waals surface area contributed by atoms with Crippen molar-refractivity contribution in [1.29, 1.82) is 0 Å². The number of ketones is 1. The third-order valence-electron chi connectivity index (χ3n) is 4.19. The maximum atomic E-state index is 12.4. The summed E-state index contributed by atoms with van der Waals surface area (Å²) in [5.74, 6) is 0.843. The van der Waals surface area contributed by atoms with Crippen LogP contribution in [0.2, 0.25) is 0 Å². The number of carbonyl (C=O) groups is 2. The standard InChI is InChI=1S/C23H27NO4/c1-5-17-7-11-19(12-8-17)20(25)13-9-18-10-14-21(22(15-18)27-6-2)28-16-23(26)24(3)4/h7-15H,5-6,16H2,1-4H3/b13-9+. The van der Waals surface area contributed by atoms with Crippen molar-refractivity contribution in [3.05, 3.63) is 65.2 Å². The minimum absolute atomic E-state index is 0.0579. The van der Waals surface area contributed by atoms with Gasteiger partial charge in [-0.3, -0.25) is 9.59 Å². The SMILES string of the molecule is CCOc1cc(/C=C/C(=O)c2ccc(CC)cc2)ccc1OCC(=O)N(C)C. The summed E-state index contributed by atoms with van der Waals surface area (Å²) in [6.45, 7) is 4.36. The van der Waals surface area contributed by atoms with Gasteiger partial charge in [-0.25, -0.2) is 0 Å². The first-order valence-electron chi connectivity index (χ1n) is 9.35. The Kier molecular flexibility index (Phi) is 7.81. The fourth-order valence-corrected chi connectivity index (χ4v) is 2.46. The molecule has 2 rings (SSSR count). The van der Waals surface area contributed by atoms with Gasteiger partial charge in [0.05, 0.1) is 6.61 Å². The van der Waals surface area contributed by atoms with Crippen LogP contribution in [-0.4, -0.2) is 43.9 Å². The van der Waals surface area contributed by atoms with E-state index in [0.29, 0.717) is 23.7 Å². The fourth-order valence-electron chi connectivity index (χ4n) is 2.46. The Labute approximate surface area is 166 Å². The van der Waals surface area contributed by atoms with Crippen molar-refractivity contribution in [2.75, 3.05) is 27.3 Å². The second-order valence-electron chi connectivity index (χ2n) is 6.46. The van der Waals surface area contributed by atoms with Crippen LogP contribution >= 0.6 is 0 Å².